The summed E-state index contributed by atoms with van der Waals surface area (Å²) >= 11 is 0. The van der Waals surface area contributed by atoms with Crippen molar-refractivity contribution in [2.45, 2.75) is 70.7 Å². The maximum atomic E-state index is 13.1. The summed E-state index contributed by atoms with van der Waals surface area (Å²) in [5.41, 5.74) is 0.865. The summed E-state index contributed by atoms with van der Waals surface area (Å²) in [5.74, 6) is 1.28. The predicted octanol–water partition coefficient (Wildman–Crippen LogP) is 3.00. The lowest BCUT2D eigenvalue weighted by Crippen LogP contribution is -2.39. The summed E-state index contributed by atoms with van der Waals surface area (Å²) in [4.78, 5) is 27.9. The number of nitrogens with one attached hydrogen (secondary N) is 3. The normalized spacial score (nSPS) is 20.8. The van der Waals surface area contributed by atoms with Crippen LogP contribution in [-0.2, 0) is 16.0 Å². The van der Waals surface area contributed by atoms with Crippen LogP contribution in [0, 0.1) is 6.92 Å². The van der Waals surface area contributed by atoms with Crippen molar-refractivity contribution in [2.24, 2.45) is 0 Å². The Balaban J connectivity index is 1.47. The fourth-order valence-electron chi connectivity index (χ4n) is 3.23. The highest BCUT2D eigenvalue weighted by atomic mass is 19.1. The molecule has 0 saturated heterocycles. The monoisotopic (exact) mass is 407 g/mol. The third kappa shape index (κ3) is 5.78. The number of carbonyl (C=O) groups is 2. The van der Waals surface area contributed by atoms with Crippen LogP contribution in [0.1, 0.15) is 56.4 Å². The van der Waals surface area contributed by atoms with Crippen LogP contribution in [-0.4, -0.2) is 45.5 Å². The lowest BCUT2D eigenvalue weighted by molar-refractivity contribution is -0.115. The van der Waals surface area contributed by atoms with Gasteiger partial charge in [0.05, 0.1) is 12.2 Å². The summed E-state index contributed by atoms with van der Waals surface area (Å²) < 4.78 is 23.8. The van der Waals surface area contributed by atoms with Crippen LogP contribution < -0.4 is 10.6 Å². The van der Waals surface area contributed by atoms with Crippen LogP contribution in [0.3, 0.4) is 0 Å². The molecule has 29 heavy (non-hydrogen) atoms. The van der Waals surface area contributed by atoms with Crippen molar-refractivity contribution in [2.75, 3.05) is 5.32 Å². The van der Waals surface area contributed by atoms with E-state index in [2.05, 4.69) is 25.8 Å². The molecule has 1 aliphatic rings. The number of rotatable bonds is 7. The van der Waals surface area contributed by atoms with Crippen LogP contribution in [0.5, 0.6) is 0 Å². The Morgan fingerprint density at radius 1 is 1.41 bits per heavy atom. The molecule has 9 nitrogen and oxygen atoms in total. The first kappa shape index (κ1) is 20.8. The number of halogens is 1. The molecule has 2 amide bonds. The molecule has 3 rings (SSSR count). The number of alkyl halides is 1. The number of anilines is 1. The van der Waals surface area contributed by atoms with E-state index in [9.17, 15) is 14.0 Å². The third-order valence-electron chi connectivity index (χ3n) is 4.98. The minimum atomic E-state index is -1.15. The molecule has 158 valence electrons. The zero-order chi connectivity index (χ0) is 21.0. The fourth-order valence-corrected chi connectivity index (χ4v) is 3.23. The van der Waals surface area contributed by atoms with Crippen LogP contribution >= 0.6 is 0 Å². The average molecular weight is 407 g/mol. The van der Waals surface area contributed by atoms with Gasteiger partial charge in [-0.3, -0.25) is 9.89 Å². The van der Waals surface area contributed by atoms with Gasteiger partial charge in [-0.1, -0.05) is 0 Å². The maximum absolute atomic E-state index is 13.1. The van der Waals surface area contributed by atoms with Crippen LogP contribution in [0.25, 0.3) is 0 Å². The summed E-state index contributed by atoms with van der Waals surface area (Å²) in [6.07, 6.45) is 1.76. The van der Waals surface area contributed by atoms with Gasteiger partial charge in [0.25, 0.3) is 0 Å². The van der Waals surface area contributed by atoms with Gasteiger partial charge in [0.1, 0.15) is 24.5 Å². The number of hydrogen-bond acceptors (Lipinski definition) is 6. The molecule has 0 aromatic carbocycles. The molecule has 1 saturated carbocycles. The number of ether oxygens (including phenoxy) is 1. The number of aromatic nitrogens is 3. The highest BCUT2D eigenvalue weighted by Gasteiger charge is 2.30. The molecule has 10 heteroatoms. The average Bonchev–Trinajstić information content (AvgIpc) is 3.36. The van der Waals surface area contributed by atoms with Crippen molar-refractivity contribution in [1.82, 2.24) is 20.5 Å². The minimum absolute atomic E-state index is 0.0282. The van der Waals surface area contributed by atoms with E-state index < -0.39 is 18.3 Å². The molecule has 2 heterocycles. The van der Waals surface area contributed by atoms with Crippen molar-refractivity contribution in [3.05, 3.63) is 29.6 Å². The standard InChI is InChI=1S/C19H26FN5O4/c1-10-9-21-18(28-10)8-17(26)23-16-7-15(24-25-16)13-4-5-14(6-13)29-19(27)22-12(3)11(2)20/h7,9,11-14H,4-6,8H2,1-3H3,(H,22,27)(H2,23,24,25,26)/t11-,12+,13+,14-/m1/s1. The van der Waals surface area contributed by atoms with Gasteiger partial charge in [-0.25, -0.2) is 14.2 Å². The Kier molecular flexibility index (Phi) is 6.50. The molecule has 0 radical (unpaired) electrons. The second kappa shape index (κ2) is 9.06. The number of H-pyrrole nitrogens is 1. The number of aryl methyl sites for hydroxylation is 1. The Labute approximate surface area is 167 Å². The number of amides is 2. The van der Waals surface area contributed by atoms with E-state index in [0.29, 0.717) is 30.3 Å². The Bertz CT molecular complexity index is 849. The Hall–Kier alpha value is -2.91. The molecule has 1 aliphatic carbocycles. The second-order valence-corrected chi connectivity index (χ2v) is 7.45. The highest BCUT2D eigenvalue weighted by molar-refractivity contribution is 5.90. The molecule has 0 aliphatic heterocycles. The van der Waals surface area contributed by atoms with Gasteiger partial charge in [0.2, 0.25) is 11.8 Å². The van der Waals surface area contributed by atoms with E-state index in [0.717, 1.165) is 12.1 Å². The topological polar surface area (TPSA) is 122 Å². The largest absolute Gasteiger partial charge is 0.446 e. The van der Waals surface area contributed by atoms with E-state index in [4.69, 9.17) is 9.15 Å². The third-order valence-corrected chi connectivity index (χ3v) is 4.98. The van der Waals surface area contributed by atoms with E-state index in [1.54, 1.807) is 26.1 Å². The molecule has 0 unspecified atom stereocenters. The fraction of sp³-hybridized carbons (Fsp3) is 0.579. The van der Waals surface area contributed by atoms with Crippen molar-refractivity contribution >= 4 is 17.8 Å². The molecule has 1 fully saturated rings. The quantitative estimate of drug-likeness (QED) is 0.649. The molecule has 4 atom stereocenters. The molecular formula is C19H26FN5O4. The maximum Gasteiger partial charge on any atom is 0.407 e. The van der Waals surface area contributed by atoms with Crippen molar-refractivity contribution in [3.8, 4) is 0 Å². The number of aromatic amines is 1. The number of carbonyl (C=O) groups excluding carboxylic acids is 2. The zero-order valence-corrected chi connectivity index (χ0v) is 16.7. The smallest absolute Gasteiger partial charge is 0.407 e. The SMILES string of the molecule is Cc1cnc(CC(=O)Nc2cc([C@H]3CC[C@@H](OC(=O)N[C@@H](C)[C@@H](C)F)C3)[nH]n2)o1. The summed E-state index contributed by atoms with van der Waals surface area (Å²) in [6.45, 7) is 4.74. The first-order valence-electron chi connectivity index (χ1n) is 9.68. The van der Waals surface area contributed by atoms with Gasteiger partial charge in [-0.2, -0.15) is 5.10 Å². The van der Waals surface area contributed by atoms with Crippen molar-refractivity contribution in [1.29, 1.82) is 0 Å². The molecule has 2 aromatic rings. The Morgan fingerprint density at radius 2 is 2.21 bits per heavy atom. The molecule has 3 N–H and O–H groups in total. The van der Waals surface area contributed by atoms with E-state index >= 15 is 0 Å². The van der Waals surface area contributed by atoms with Crippen LogP contribution in [0.2, 0.25) is 0 Å². The van der Waals surface area contributed by atoms with Crippen molar-refractivity contribution < 1.29 is 23.1 Å². The molecule has 0 spiro atoms. The minimum Gasteiger partial charge on any atom is -0.446 e. The molecular weight excluding hydrogens is 381 g/mol. The lowest BCUT2D eigenvalue weighted by atomic mass is 10.0. The molecule has 0 bridgehead atoms. The summed E-state index contributed by atoms with van der Waals surface area (Å²) in [7, 11) is 0. The predicted molar refractivity (Wildman–Crippen MR) is 102 cm³/mol. The van der Waals surface area contributed by atoms with Gasteiger partial charge in [0.15, 0.2) is 5.82 Å². The van der Waals surface area contributed by atoms with E-state index in [1.165, 1.54) is 6.92 Å². The second-order valence-electron chi connectivity index (χ2n) is 7.45. The van der Waals surface area contributed by atoms with E-state index in [-0.39, 0.29) is 24.3 Å². The Morgan fingerprint density at radius 3 is 2.90 bits per heavy atom. The molecule has 2 aromatic heterocycles. The first-order chi connectivity index (χ1) is 13.8. The number of nitrogens with zero attached hydrogens (tertiary/aromatic N) is 2. The van der Waals surface area contributed by atoms with Gasteiger partial charge in [-0.15, -0.1) is 0 Å². The van der Waals surface area contributed by atoms with Crippen LogP contribution in [0.15, 0.2) is 16.7 Å². The number of oxazole rings is 1. The summed E-state index contributed by atoms with van der Waals surface area (Å²) in [5, 5.41) is 12.3. The summed E-state index contributed by atoms with van der Waals surface area (Å²) in [6, 6.07) is 1.18. The van der Waals surface area contributed by atoms with Crippen molar-refractivity contribution in [3.63, 3.8) is 0 Å². The van der Waals surface area contributed by atoms with Gasteiger partial charge < -0.3 is 19.8 Å². The van der Waals surface area contributed by atoms with Crippen LogP contribution in [0.4, 0.5) is 15.0 Å². The number of alkyl carbamates (subject to hydrolysis) is 1. The zero-order valence-electron chi connectivity index (χ0n) is 16.7. The van der Waals surface area contributed by atoms with Gasteiger partial charge >= 0.3 is 6.09 Å². The van der Waals surface area contributed by atoms with E-state index in [1.807, 2.05) is 0 Å². The van der Waals surface area contributed by atoms with Gasteiger partial charge in [-0.05, 0) is 40.0 Å². The number of hydrogen-bond donors (Lipinski definition) is 3. The highest BCUT2D eigenvalue weighted by Crippen LogP contribution is 2.35. The van der Waals surface area contributed by atoms with Gasteiger partial charge in [0, 0.05) is 17.7 Å². The lowest BCUT2D eigenvalue weighted by Gasteiger charge is -2.17. The first-order valence-corrected chi connectivity index (χ1v) is 9.68.